The number of carbonyl (C=O) groups excluding carboxylic acids is 1. The van der Waals surface area contributed by atoms with E-state index in [0.717, 1.165) is 18.6 Å². The standard InChI is InChI=1S/C18H36O/c1-4-5-6-7-10-13-17(2)14-11-8-9-12-15-18(3)16-19/h16-18H,4-15H2,1-3H3. The molecule has 0 heterocycles. The van der Waals surface area contributed by atoms with Gasteiger partial charge in [-0.1, -0.05) is 91.4 Å². The third kappa shape index (κ3) is 13.9. The summed E-state index contributed by atoms with van der Waals surface area (Å²) in [5.74, 6) is 1.18. The monoisotopic (exact) mass is 268 g/mol. The first-order valence-corrected chi connectivity index (χ1v) is 8.66. The van der Waals surface area contributed by atoms with E-state index in [1.165, 1.54) is 70.6 Å². The summed E-state index contributed by atoms with van der Waals surface area (Å²) in [6.07, 6.45) is 17.3. The normalized spacial score (nSPS) is 14.3. The number of carbonyl (C=O) groups is 1. The van der Waals surface area contributed by atoms with E-state index in [1.54, 1.807) is 0 Å². The highest BCUT2D eigenvalue weighted by molar-refractivity contribution is 5.52. The van der Waals surface area contributed by atoms with Gasteiger partial charge in [0.2, 0.25) is 0 Å². The van der Waals surface area contributed by atoms with Crippen molar-refractivity contribution in [2.24, 2.45) is 11.8 Å². The van der Waals surface area contributed by atoms with Crippen LogP contribution in [0.5, 0.6) is 0 Å². The Morgan fingerprint density at radius 2 is 1.21 bits per heavy atom. The second-order valence-electron chi connectivity index (χ2n) is 6.41. The maximum Gasteiger partial charge on any atom is 0.122 e. The van der Waals surface area contributed by atoms with Crippen LogP contribution in [-0.2, 0) is 4.79 Å². The predicted octanol–water partition coefficient (Wildman–Crippen LogP) is 6.16. The molecule has 114 valence electrons. The van der Waals surface area contributed by atoms with Crippen LogP contribution in [0.4, 0.5) is 0 Å². The Labute approximate surface area is 121 Å². The summed E-state index contributed by atoms with van der Waals surface area (Å²) < 4.78 is 0. The summed E-state index contributed by atoms with van der Waals surface area (Å²) in [4.78, 5) is 10.5. The van der Waals surface area contributed by atoms with Crippen molar-refractivity contribution in [2.75, 3.05) is 0 Å². The number of hydrogen-bond acceptors (Lipinski definition) is 1. The summed E-state index contributed by atoms with van der Waals surface area (Å²) in [5.41, 5.74) is 0. The first-order valence-electron chi connectivity index (χ1n) is 8.66. The van der Waals surface area contributed by atoms with Gasteiger partial charge in [-0.05, 0) is 12.3 Å². The van der Waals surface area contributed by atoms with E-state index >= 15 is 0 Å². The van der Waals surface area contributed by atoms with Crippen molar-refractivity contribution < 1.29 is 4.79 Å². The van der Waals surface area contributed by atoms with Crippen LogP contribution in [0.1, 0.15) is 97.8 Å². The van der Waals surface area contributed by atoms with E-state index in [4.69, 9.17) is 0 Å². The van der Waals surface area contributed by atoms with Crippen LogP contribution in [0.2, 0.25) is 0 Å². The maximum absolute atomic E-state index is 10.5. The fourth-order valence-electron chi connectivity index (χ4n) is 2.62. The number of hydrogen-bond donors (Lipinski definition) is 0. The molecule has 2 unspecified atom stereocenters. The van der Waals surface area contributed by atoms with Gasteiger partial charge < -0.3 is 4.79 Å². The van der Waals surface area contributed by atoms with Crippen LogP contribution in [0, 0.1) is 11.8 Å². The zero-order valence-corrected chi connectivity index (χ0v) is 13.6. The molecule has 0 bridgehead atoms. The molecule has 1 nitrogen and oxygen atoms in total. The summed E-state index contributed by atoms with van der Waals surface area (Å²) in [7, 11) is 0. The van der Waals surface area contributed by atoms with Gasteiger partial charge >= 0.3 is 0 Å². The predicted molar refractivity (Wildman–Crippen MR) is 85.5 cm³/mol. The molecule has 0 radical (unpaired) electrons. The lowest BCUT2D eigenvalue weighted by molar-refractivity contribution is -0.110. The second kappa shape index (κ2) is 14.1. The van der Waals surface area contributed by atoms with Gasteiger partial charge in [0.05, 0.1) is 0 Å². The zero-order chi connectivity index (χ0) is 14.3. The molecule has 0 rings (SSSR count). The molecule has 0 aromatic heterocycles. The minimum Gasteiger partial charge on any atom is -0.303 e. The van der Waals surface area contributed by atoms with Gasteiger partial charge in [-0.2, -0.15) is 0 Å². The molecule has 0 fully saturated rings. The number of aldehydes is 1. The molecule has 0 spiro atoms. The minimum absolute atomic E-state index is 0.266. The maximum atomic E-state index is 10.5. The molecule has 0 N–H and O–H groups in total. The SMILES string of the molecule is CCCCCCCC(C)CCCCCCC(C)C=O. The Balaban J connectivity index is 3.20. The fourth-order valence-corrected chi connectivity index (χ4v) is 2.62. The third-order valence-corrected chi connectivity index (χ3v) is 4.14. The summed E-state index contributed by atoms with van der Waals surface area (Å²) >= 11 is 0. The van der Waals surface area contributed by atoms with Crippen LogP contribution >= 0.6 is 0 Å². The van der Waals surface area contributed by atoms with E-state index in [9.17, 15) is 4.79 Å². The molecule has 0 saturated carbocycles. The lowest BCUT2D eigenvalue weighted by Gasteiger charge is -2.11. The average Bonchev–Trinajstić information content (AvgIpc) is 2.42. The number of unbranched alkanes of at least 4 members (excludes halogenated alkanes) is 7. The molecule has 1 heteroatoms. The van der Waals surface area contributed by atoms with Crippen LogP contribution in [0.3, 0.4) is 0 Å². The van der Waals surface area contributed by atoms with Crippen molar-refractivity contribution in [1.82, 2.24) is 0 Å². The van der Waals surface area contributed by atoms with E-state index < -0.39 is 0 Å². The summed E-state index contributed by atoms with van der Waals surface area (Å²) in [5, 5.41) is 0. The highest BCUT2D eigenvalue weighted by Gasteiger charge is 2.03. The molecule has 0 saturated heterocycles. The molecular formula is C18H36O. The summed E-state index contributed by atoms with van der Waals surface area (Å²) in [6, 6.07) is 0. The molecular weight excluding hydrogens is 232 g/mol. The Morgan fingerprint density at radius 1 is 0.737 bits per heavy atom. The van der Waals surface area contributed by atoms with Gasteiger partial charge in [0.15, 0.2) is 0 Å². The van der Waals surface area contributed by atoms with Gasteiger partial charge in [0.25, 0.3) is 0 Å². The van der Waals surface area contributed by atoms with Gasteiger partial charge in [0, 0.05) is 5.92 Å². The van der Waals surface area contributed by atoms with Crippen molar-refractivity contribution in [3.8, 4) is 0 Å². The zero-order valence-electron chi connectivity index (χ0n) is 13.6. The molecule has 0 aliphatic carbocycles. The lowest BCUT2D eigenvalue weighted by atomic mass is 9.95. The fraction of sp³-hybridized carbons (Fsp3) is 0.944. The second-order valence-corrected chi connectivity index (χ2v) is 6.41. The minimum atomic E-state index is 0.266. The van der Waals surface area contributed by atoms with Gasteiger partial charge in [0.1, 0.15) is 6.29 Å². The van der Waals surface area contributed by atoms with Crippen LogP contribution < -0.4 is 0 Å². The number of rotatable bonds is 14. The van der Waals surface area contributed by atoms with Gasteiger partial charge in [-0.15, -0.1) is 0 Å². The first-order chi connectivity index (χ1) is 9.20. The lowest BCUT2D eigenvalue weighted by Crippen LogP contribution is -1.96. The van der Waals surface area contributed by atoms with E-state index in [1.807, 2.05) is 6.92 Å². The topological polar surface area (TPSA) is 17.1 Å². The molecule has 0 aromatic carbocycles. The van der Waals surface area contributed by atoms with E-state index in [0.29, 0.717) is 0 Å². The van der Waals surface area contributed by atoms with Crippen LogP contribution in [0.15, 0.2) is 0 Å². The Morgan fingerprint density at radius 3 is 1.68 bits per heavy atom. The van der Waals surface area contributed by atoms with Crippen LogP contribution in [-0.4, -0.2) is 6.29 Å². The van der Waals surface area contributed by atoms with Crippen molar-refractivity contribution in [3.63, 3.8) is 0 Å². The average molecular weight is 268 g/mol. The largest absolute Gasteiger partial charge is 0.303 e. The Hall–Kier alpha value is -0.330. The molecule has 0 aromatic rings. The van der Waals surface area contributed by atoms with E-state index in [2.05, 4.69) is 13.8 Å². The molecule has 2 atom stereocenters. The van der Waals surface area contributed by atoms with Crippen LogP contribution in [0.25, 0.3) is 0 Å². The first kappa shape index (κ1) is 18.7. The van der Waals surface area contributed by atoms with Crippen molar-refractivity contribution in [2.45, 2.75) is 97.8 Å². The Kier molecular flexibility index (Phi) is 13.8. The molecule has 0 amide bonds. The highest BCUT2D eigenvalue weighted by atomic mass is 16.1. The highest BCUT2D eigenvalue weighted by Crippen LogP contribution is 2.18. The quantitative estimate of drug-likeness (QED) is 0.272. The van der Waals surface area contributed by atoms with Gasteiger partial charge in [-0.25, -0.2) is 0 Å². The third-order valence-electron chi connectivity index (χ3n) is 4.14. The smallest absolute Gasteiger partial charge is 0.122 e. The molecule has 0 aliphatic rings. The summed E-state index contributed by atoms with van der Waals surface area (Å²) in [6.45, 7) is 6.71. The molecule has 19 heavy (non-hydrogen) atoms. The Bertz CT molecular complexity index is 188. The van der Waals surface area contributed by atoms with E-state index in [-0.39, 0.29) is 5.92 Å². The van der Waals surface area contributed by atoms with Crippen molar-refractivity contribution in [1.29, 1.82) is 0 Å². The van der Waals surface area contributed by atoms with Gasteiger partial charge in [-0.3, -0.25) is 0 Å². The van der Waals surface area contributed by atoms with Crippen molar-refractivity contribution >= 4 is 6.29 Å². The molecule has 0 aliphatic heterocycles. The van der Waals surface area contributed by atoms with Crippen molar-refractivity contribution in [3.05, 3.63) is 0 Å².